The monoisotopic (exact) mass is 427 g/mol. The zero-order valence-electron chi connectivity index (χ0n) is 16.8. The van der Waals surface area contributed by atoms with E-state index >= 15 is 0 Å². The normalized spacial score (nSPS) is 18.0. The Morgan fingerprint density at radius 1 is 1.17 bits per heavy atom. The summed E-state index contributed by atoms with van der Waals surface area (Å²) in [6, 6.07) is 9.78. The number of nitrogens with zero attached hydrogens (tertiary/aromatic N) is 2. The van der Waals surface area contributed by atoms with Gasteiger partial charge in [0.1, 0.15) is 0 Å². The van der Waals surface area contributed by atoms with Crippen LogP contribution in [0.4, 0.5) is 11.4 Å². The van der Waals surface area contributed by atoms with Crippen LogP contribution in [0.15, 0.2) is 36.4 Å². The summed E-state index contributed by atoms with van der Waals surface area (Å²) < 4.78 is 5.55. The first-order valence-electron chi connectivity index (χ1n) is 9.75. The van der Waals surface area contributed by atoms with Crippen molar-refractivity contribution in [3.8, 4) is 0 Å². The second kappa shape index (κ2) is 8.08. The smallest absolute Gasteiger partial charge is 0.261 e. The number of carbonyl (C=O) groups is 3. The van der Waals surface area contributed by atoms with E-state index in [4.69, 9.17) is 16.3 Å². The minimum atomic E-state index is -0.392. The predicted molar refractivity (Wildman–Crippen MR) is 115 cm³/mol. The Hall–Kier alpha value is -2.90. The number of nitrogens with one attached hydrogen (secondary N) is 1. The van der Waals surface area contributed by atoms with Crippen LogP contribution in [0, 0.1) is 0 Å². The highest BCUT2D eigenvalue weighted by Gasteiger charge is 2.38. The van der Waals surface area contributed by atoms with Gasteiger partial charge >= 0.3 is 0 Å². The molecule has 2 aliphatic heterocycles. The van der Waals surface area contributed by atoms with Gasteiger partial charge in [-0.1, -0.05) is 11.6 Å². The van der Waals surface area contributed by atoms with E-state index in [0.29, 0.717) is 28.4 Å². The molecule has 0 aromatic heterocycles. The zero-order chi connectivity index (χ0) is 21.4. The maximum absolute atomic E-state index is 12.8. The number of carbonyl (C=O) groups excluding carboxylic acids is 3. The van der Waals surface area contributed by atoms with Gasteiger partial charge in [0.15, 0.2) is 0 Å². The molecule has 0 spiro atoms. The Morgan fingerprint density at radius 2 is 1.93 bits per heavy atom. The summed E-state index contributed by atoms with van der Waals surface area (Å²) in [6.45, 7) is 0.888. The molecule has 3 amide bonds. The zero-order valence-corrected chi connectivity index (χ0v) is 17.5. The highest BCUT2D eigenvalue weighted by Crippen LogP contribution is 2.30. The fraction of sp³-hybridized carbons (Fsp3) is 0.318. The number of hydrogen-bond acceptors (Lipinski definition) is 5. The van der Waals surface area contributed by atoms with E-state index in [9.17, 15) is 14.4 Å². The molecule has 0 saturated carbocycles. The molecule has 2 heterocycles. The summed E-state index contributed by atoms with van der Waals surface area (Å²) in [6.07, 6.45) is 1.63. The molecule has 2 aliphatic rings. The van der Waals surface area contributed by atoms with Crippen LogP contribution in [0.3, 0.4) is 0 Å². The SMILES string of the molecule is CN(C)c1ccc(Cl)cc1NC(=O)c1ccc2c(c1)C(=O)N(CC1CCCO1)C2=O. The van der Waals surface area contributed by atoms with Gasteiger partial charge in [-0.15, -0.1) is 0 Å². The topological polar surface area (TPSA) is 79.0 Å². The molecule has 1 atom stereocenters. The minimum Gasteiger partial charge on any atom is -0.376 e. The molecule has 1 saturated heterocycles. The third kappa shape index (κ3) is 3.78. The van der Waals surface area contributed by atoms with E-state index < -0.39 is 5.91 Å². The molecular weight excluding hydrogens is 406 g/mol. The van der Waals surface area contributed by atoms with Crippen LogP contribution in [-0.2, 0) is 4.74 Å². The van der Waals surface area contributed by atoms with Gasteiger partial charge in [-0.2, -0.15) is 0 Å². The number of imide groups is 1. The highest BCUT2D eigenvalue weighted by atomic mass is 35.5. The Morgan fingerprint density at radius 3 is 2.63 bits per heavy atom. The lowest BCUT2D eigenvalue weighted by Gasteiger charge is -2.18. The van der Waals surface area contributed by atoms with E-state index in [1.807, 2.05) is 25.1 Å². The Bertz CT molecular complexity index is 1030. The van der Waals surface area contributed by atoms with Gasteiger partial charge in [0.25, 0.3) is 17.7 Å². The second-order valence-electron chi connectivity index (χ2n) is 7.63. The average Bonchev–Trinajstić information content (AvgIpc) is 3.30. The van der Waals surface area contributed by atoms with E-state index in [0.717, 1.165) is 18.5 Å². The maximum atomic E-state index is 12.8. The van der Waals surface area contributed by atoms with Crippen molar-refractivity contribution in [1.29, 1.82) is 0 Å². The first-order valence-corrected chi connectivity index (χ1v) is 10.1. The van der Waals surface area contributed by atoms with Crippen molar-refractivity contribution in [1.82, 2.24) is 4.90 Å². The van der Waals surface area contributed by atoms with Crippen LogP contribution in [-0.4, -0.2) is 56.0 Å². The molecule has 0 aliphatic carbocycles. The van der Waals surface area contributed by atoms with Crippen LogP contribution < -0.4 is 10.2 Å². The largest absolute Gasteiger partial charge is 0.376 e. The van der Waals surface area contributed by atoms with Crippen LogP contribution in [0.1, 0.15) is 43.9 Å². The summed E-state index contributed by atoms with van der Waals surface area (Å²) in [4.78, 5) is 41.4. The summed E-state index contributed by atoms with van der Waals surface area (Å²) in [5.41, 5.74) is 2.19. The number of ether oxygens (including phenoxy) is 1. The highest BCUT2D eigenvalue weighted by molar-refractivity contribution is 6.31. The maximum Gasteiger partial charge on any atom is 0.261 e. The third-order valence-electron chi connectivity index (χ3n) is 5.33. The summed E-state index contributed by atoms with van der Waals surface area (Å²) in [5.74, 6) is -1.12. The average molecular weight is 428 g/mol. The molecule has 1 N–H and O–H groups in total. The fourth-order valence-corrected chi connectivity index (χ4v) is 3.95. The van der Waals surface area contributed by atoms with Crippen molar-refractivity contribution in [2.75, 3.05) is 37.5 Å². The predicted octanol–water partition coefficient (Wildman–Crippen LogP) is 3.43. The van der Waals surface area contributed by atoms with Crippen molar-refractivity contribution in [3.05, 3.63) is 58.1 Å². The Kier molecular flexibility index (Phi) is 5.49. The number of rotatable bonds is 5. The summed E-state index contributed by atoms with van der Waals surface area (Å²) in [7, 11) is 3.72. The van der Waals surface area contributed by atoms with E-state index in [2.05, 4.69) is 5.32 Å². The third-order valence-corrected chi connectivity index (χ3v) is 5.57. The Labute approximate surface area is 179 Å². The fourth-order valence-electron chi connectivity index (χ4n) is 3.78. The molecule has 2 aromatic rings. The standard InChI is InChI=1S/C22H22ClN3O4/c1-25(2)19-8-6-14(23)11-18(19)24-20(27)13-5-7-16-17(10-13)22(29)26(21(16)28)12-15-4-3-9-30-15/h5-8,10-11,15H,3-4,9,12H2,1-2H3,(H,24,27). The van der Waals surface area contributed by atoms with Crippen molar-refractivity contribution < 1.29 is 19.1 Å². The number of hydrogen-bond donors (Lipinski definition) is 1. The second-order valence-corrected chi connectivity index (χ2v) is 8.06. The minimum absolute atomic E-state index is 0.123. The van der Waals surface area contributed by atoms with Gasteiger partial charge < -0.3 is 15.0 Å². The molecule has 1 unspecified atom stereocenters. The molecule has 1 fully saturated rings. The number of amides is 3. The van der Waals surface area contributed by atoms with E-state index in [1.165, 1.54) is 17.0 Å². The molecule has 0 radical (unpaired) electrons. The van der Waals surface area contributed by atoms with Crippen LogP contribution >= 0.6 is 11.6 Å². The van der Waals surface area contributed by atoms with Gasteiger partial charge in [-0.3, -0.25) is 19.3 Å². The summed E-state index contributed by atoms with van der Waals surface area (Å²) in [5, 5.41) is 3.34. The van der Waals surface area contributed by atoms with Gasteiger partial charge in [-0.05, 0) is 49.2 Å². The lowest BCUT2D eigenvalue weighted by Crippen LogP contribution is -2.36. The van der Waals surface area contributed by atoms with E-state index in [1.54, 1.807) is 18.2 Å². The van der Waals surface area contributed by atoms with E-state index in [-0.39, 0.29) is 30.0 Å². The van der Waals surface area contributed by atoms with Crippen LogP contribution in [0.5, 0.6) is 0 Å². The van der Waals surface area contributed by atoms with Gasteiger partial charge in [0.05, 0.1) is 35.2 Å². The van der Waals surface area contributed by atoms with Gasteiger partial charge in [-0.25, -0.2) is 0 Å². The lowest BCUT2D eigenvalue weighted by molar-refractivity contribution is 0.0475. The first kappa shape index (κ1) is 20.4. The molecule has 30 heavy (non-hydrogen) atoms. The Balaban J connectivity index is 1.56. The first-order chi connectivity index (χ1) is 14.3. The van der Waals surface area contributed by atoms with Crippen LogP contribution in [0.25, 0.3) is 0 Å². The number of fused-ring (bicyclic) bond motifs is 1. The lowest BCUT2D eigenvalue weighted by atomic mass is 10.1. The molecular formula is C22H22ClN3O4. The molecule has 156 valence electrons. The molecule has 7 nitrogen and oxygen atoms in total. The quantitative estimate of drug-likeness (QED) is 0.739. The molecule has 8 heteroatoms. The molecule has 2 aromatic carbocycles. The number of halogens is 1. The van der Waals surface area contributed by atoms with Crippen LogP contribution in [0.2, 0.25) is 5.02 Å². The van der Waals surface area contributed by atoms with Gasteiger partial charge in [0, 0.05) is 31.3 Å². The van der Waals surface area contributed by atoms with Crippen molar-refractivity contribution in [2.45, 2.75) is 18.9 Å². The number of benzene rings is 2. The van der Waals surface area contributed by atoms with Crippen molar-refractivity contribution >= 4 is 40.7 Å². The van der Waals surface area contributed by atoms with Crippen molar-refractivity contribution in [2.24, 2.45) is 0 Å². The van der Waals surface area contributed by atoms with Gasteiger partial charge in [0.2, 0.25) is 0 Å². The number of anilines is 2. The molecule has 0 bridgehead atoms. The summed E-state index contributed by atoms with van der Waals surface area (Å²) >= 11 is 6.08. The molecule has 4 rings (SSSR count). The van der Waals surface area contributed by atoms with Crippen molar-refractivity contribution in [3.63, 3.8) is 0 Å².